The Balaban J connectivity index is 1.88. The Labute approximate surface area is 138 Å². The Hall–Kier alpha value is -2.41. The largest absolute Gasteiger partial charge is 0.416 e. The van der Waals surface area contributed by atoms with Crippen LogP contribution < -0.4 is 10.6 Å². The molecule has 7 heteroatoms. The summed E-state index contributed by atoms with van der Waals surface area (Å²) in [5.74, 6) is -0.230. The third kappa shape index (κ3) is 5.06. The van der Waals surface area contributed by atoms with Gasteiger partial charge in [0.05, 0.1) is 17.4 Å². The van der Waals surface area contributed by atoms with Gasteiger partial charge in [-0.05, 0) is 30.7 Å². The maximum atomic E-state index is 13.0. The number of carbonyl (C=O) groups is 1. The van der Waals surface area contributed by atoms with E-state index in [0.29, 0.717) is 5.69 Å². The molecule has 4 nitrogen and oxygen atoms in total. The third-order valence-corrected chi connectivity index (χ3v) is 3.48. The number of rotatable bonds is 6. The van der Waals surface area contributed by atoms with E-state index in [1.807, 2.05) is 0 Å². The Bertz CT molecular complexity index is 674. The quantitative estimate of drug-likeness (QED) is 0.843. The van der Waals surface area contributed by atoms with E-state index in [-0.39, 0.29) is 24.4 Å². The van der Waals surface area contributed by atoms with Crippen molar-refractivity contribution in [3.05, 3.63) is 59.9 Å². The molecule has 0 radical (unpaired) electrons. The standard InChI is InChI=1S/C17H18F3N3O/c1-12(14-6-2-3-7-15(14)17(18,19)20)22-10-8-16(24)23-13-5-4-9-21-11-13/h2-7,9,11-12,22H,8,10H2,1H3,(H,23,24)/t12-/m0/s1. The molecule has 0 aliphatic rings. The van der Waals surface area contributed by atoms with Crippen LogP contribution in [-0.4, -0.2) is 17.4 Å². The lowest BCUT2D eigenvalue weighted by molar-refractivity contribution is -0.138. The molecule has 0 saturated heterocycles. The van der Waals surface area contributed by atoms with Gasteiger partial charge in [0.25, 0.3) is 0 Å². The van der Waals surface area contributed by atoms with Gasteiger partial charge in [-0.2, -0.15) is 13.2 Å². The summed E-state index contributed by atoms with van der Waals surface area (Å²) >= 11 is 0. The van der Waals surface area contributed by atoms with Crippen molar-refractivity contribution in [3.63, 3.8) is 0 Å². The topological polar surface area (TPSA) is 54.0 Å². The van der Waals surface area contributed by atoms with Crippen molar-refractivity contribution in [2.45, 2.75) is 25.6 Å². The van der Waals surface area contributed by atoms with Crippen LogP contribution in [0.3, 0.4) is 0 Å². The van der Waals surface area contributed by atoms with E-state index in [4.69, 9.17) is 0 Å². The first kappa shape index (κ1) is 17.9. The number of halogens is 3. The zero-order valence-electron chi connectivity index (χ0n) is 13.1. The number of hydrogen-bond donors (Lipinski definition) is 2. The van der Waals surface area contributed by atoms with Gasteiger partial charge in [0.15, 0.2) is 0 Å². The molecule has 1 atom stereocenters. The minimum atomic E-state index is -4.40. The fourth-order valence-corrected chi connectivity index (χ4v) is 2.31. The molecule has 1 amide bonds. The van der Waals surface area contributed by atoms with Gasteiger partial charge in [0, 0.05) is 25.2 Å². The molecule has 2 aromatic rings. The second-order valence-corrected chi connectivity index (χ2v) is 5.30. The maximum Gasteiger partial charge on any atom is 0.416 e. The average molecular weight is 337 g/mol. The van der Waals surface area contributed by atoms with E-state index in [1.54, 1.807) is 31.3 Å². The summed E-state index contributed by atoms with van der Waals surface area (Å²) < 4.78 is 39.0. The number of hydrogen-bond acceptors (Lipinski definition) is 3. The van der Waals surface area contributed by atoms with Gasteiger partial charge >= 0.3 is 6.18 Å². The van der Waals surface area contributed by atoms with Gasteiger partial charge in [0.2, 0.25) is 5.91 Å². The first-order valence-electron chi connectivity index (χ1n) is 7.47. The second-order valence-electron chi connectivity index (χ2n) is 5.30. The highest BCUT2D eigenvalue weighted by Gasteiger charge is 2.33. The van der Waals surface area contributed by atoms with Crippen molar-refractivity contribution >= 4 is 11.6 Å². The van der Waals surface area contributed by atoms with E-state index in [2.05, 4.69) is 15.6 Å². The second kappa shape index (κ2) is 7.92. The Kier molecular flexibility index (Phi) is 5.92. The zero-order valence-corrected chi connectivity index (χ0v) is 13.1. The highest BCUT2D eigenvalue weighted by molar-refractivity contribution is 5.90. The predicted octanol–water partition coefficient (Wildman–Crippen LogP) is 3.78. The van der Waals surface area contributed by atoms with Gasteiger partial charge in [-0.3, -0.25) is 9.78 Å². The molecular weight excluding hydrogens is 319 g/mol. The van der Waals surface area contributed by atoms with E-state index in [0.717, 1.165) is 6.07 Å². The van der Waals surface area contributed by atoms with Crippen LogP contribution >= 0.6 is 0 Å². The number of benzene rings is 1. The lowest BCUT2D eigenvalue weighted by atomic mass is 10.0. The molecule has 0 spiro atoms. The zero-order chi connectivity index (χ0) is 17.6. The number of nitrogens with zero attached hydrogens (tertiary/aromatic N) is 1. The third-order valence-electron chi connectivity index (χ3n) is 3.48. The summed E-state index contributed by atoms with van der Waals surface area (Å²) in [7, 11) is 0. The molecule has 1 aromatic carbocycles. The molecule has 24 heavy (non-hydrogen) atoms. The average Bonchev–Trinajstić information content (AvgIpc) is 2.55. The fraction of sp³-hybridized carbons (Fsp3) is 0.294. The number of aromatic nitrogens is 1. The monoisotopic (exact) mass is 337 g/mol. The predicted molar refractivity (Wildman–Crippen MR) is 85.3 cm³/mol. The molecule has 0 unspecified atom stereocenters. The van der Waals surface area contributed by atoms with Gasteiger partial charge in [0.1, 0.15) is 0 Å². The van der Waals surface area contributed by atoms with Crippen LogP contribution in [0.2, 0.25) is 0 Å². The van der Waals surface area contributed by atoms with Crippen molar-refractivity contribution in [2.75, 3.05) is 11.9 Å². The summed E-state index contributed by atoms with van der Waals surface area (Å²) in [6.45, 7) is 1.91. The van der Waals surface area contributed by atoms with Crippen LogP contribution in [0.1, 0.15) is 30.5 Å². The Morgan fingerprint density at radius 1 is 1.21 bits per heavy atom. The molecule has 0 saturated carbocycles. The van der Waals surface area contributed by atoms with E-state index >= 15 is 0 Å². The maximum absolute atomic E-state index is 13.0. The van der Waals surface area contributed by atoms with Crippen molar-refractivity contribution in [1.29, 1.82) is 0 Å². The molecule has 0 fully saturated rings. The molecule has 2 rings (SSSR count). The summed E-state index contributed by atoms with van der Waals surface area (Å²) in [5, 5.41) is 5.62. The van der Waals surface area contributed by atoms with E-state index < -0.39 is 17.8 Å². The summed E-state index contributed by atoms with van der Waals surface area (Å²) in [6.07, 6.45) is -1.14. The van der Waals surface area contributed by atoms with Gasteiger partial charge in [-0.25, -0.2) is 0 Å². The summed E-state index contributed by atoms with van der Waals surface area (Å²) in [6, 6.07) is 8.32. The smallest absolute Gasteiger partial charge is 0.325 e. The van der Waals surface area contributed by atoms with Crippen LogP contribution in [0.5, 0.6) is 0 Å². The van der Waals surface area contributed by atoms with Crippen molar-refractivity contribution < 1.29 is 18.0 Å². The number of amides is 1. The van der Waals surface area contributed by atoms with E-state index in [9.17, 15) is 18.0 Å². The minimum absolute atomic E-state index is 0.146. The first-order chi connectivity index (χ1) is 11.4. The Morgan fingerprint density at radius 3 is 2.62 bits per heavy atom. The van der Waals surface area contributed by atoms with Gasteiger partial charge < -0.3 is 10.6 Å². The number of carbonyl (C=O) groups excluding carboxylic acids is 1. The van der Waals surface area contributed by atoms with Crippen molar-refractivity contribution in [1.82, 2.24) is 10.3 Å². The lowest BCUT2D eigenvalue weighted by Crippen LogP contribution is -2.26. The molecule has 1 heterocycles. The minimum Gasteiger partial charge on any atom is -0.325 e. The number of alkyl halides is 3. The van der Waals surface area contributed by atoms with Crippen LogP contribution in [0.15, 0.2) is 48.8 Å². The van der Waals surface area contributed by atoms with Crippen molar-refractivity contribution in [2.24, 2.45) is 0 Å². The molecule has 2 N–H and O–H groups in total. The van der Waals surface area contributed by atoms with Crippen LogP contribution in [0, 0.1) is 0 Å². The fourth-order valence-electron chi connectivity index (χ4n) is 2.31. The van der Waals surface area contributed by atoms with Gasteiger partial charge in [-0.1, -0.05) is 18.2 Å². The van der Waals surface area contributed by atoms with Gasteiger partial charge in [-0.15, -0.1) is 0 Å². The number of pyridine rings is 1. The first-order valence-corrected chi connectivity index (χ1v) is 7.47. The van der Waals surface area contributed by atoms with E-state index in [1.165, 1.54) is 18.3 Å². The molecule has 1 aromatic heterocycles. The summed E-state index contributed by atoms with van der Waals surface area (Å²) in [5.41, 5.74) is 0.0837. The summed E-state index contributed by atoms with van der Waals surface area (Å²) in [4.78, 5) is 15.7. The normalized spacial score (nSPS) is 12.7. The molecule has 0 aliphatic heterocycles. The number of nitrogens with one attached hydrogen (secondary N) is 2. The molecule has 0 aliphatic carbocycles. The van der Waals surface area contributed by atoms with Crippen LogP contribution in [-0.2, 0) is 11.0 Å². The molecule has 0 bridgehead atoms. The lowest BCUT2D eigenvalue weighted by Gasteiger charge is -2.19. The van der Waals surface area contributed by atoms with Crippen LogP contribution in [0.25, 0.3) is 0 Å². The Morgan fingerprint density at radius 2 is 1.96 bits per heavy atom. The highest BCUT2D eigenvalue weighted by atomic mass is 19.4. The molecule has 128 valence electrons. The number of anilines is 1. The highest BCUT2D eigenvalue weighted by Crippen LogP contribution is 2.34. The van der Waals surface area contributed by atoms with Crippen molar-refractivity contribution in [3.8, 4) is 0 Å². The molecular formula is C17H18F3N3O. The van der Waals surface area contributed by atoms with Crippen LogP contribution in [0.4, 0.5) is 18.9 Å². The SMILES string of the molecule is C[C@H](NCCC(=O)Nc1cccnc1)c1ccccc1C(F)(F)F.